The Labute approximate surface area is 123 Å². The number of hydrogen-bond acceptors (Lipinski definition) is 3. The molecule has 3 heteroatoms. The molecular weight excluding hydrogens is 252 g/mol. The molecule has 2 nitrogen and oxygen atoms in total. The smallest absolute Gasteiger partial charge is 0.0163 e. The van der Waals surface area contributed by atoms with E-state index < -0.39 is 0 Å². The van der Waals surface area contributed by atoms with E-state index in [1.165, 1.54) is 50.2 Å². The molecule has 3 unspecified atom stereocenters. The lowest BCUT2D eigenvalue weighted by Gasteiger charge is -2.39. The van der Waals surface area contributed by atoms with Crippen LogP contribution in [0.1, 0.15) is 46.0 Å². The van der Waals surface area contributed by atoms with Crippen LogP contribution in [0, 0.1) is 11.3 Å². The Morgan fingerprint density at radius 1 is 1.21 bits per heavy atom. The zero-order valence-electron chi connectivity index (χ0n) is 12.8. The minimum absolute atomic E-state index is 0.534. The van der Waals surface area contributed by atoms with Gasteiger partial charge in [-0.05, 0) is 62.8 Å². The van der Waals surface area contributed by atoms with Crippen LogP contribution < -0.4 is 5.32 Å². The molecule has 3 rings (SSSR count). The number of nitrogens with zero attached hydrogens (tertiary/aromatic N) is 1. The first kappa shape index (κ1) is 14.2. The lowest BCUT2D eigenvalue weighted by atomic mass is 9.87. The van der Waals surface area contributed by atoms with Crippen molar-refractivity contribution in [2.24, 2.45) is 11.3 Å². The van der Waals surface area contributed by atoms with Gasteiger partial charge in [-0.25, -0.2) is 0 Å². The van der Waals surface area contributed by atoms with Crippen LogP contribution in [-0.4, -0.2) is 48.1 Å². The second kappa shape index (κ2) is 5.57. The monoisotopic (exact) mass is 282 g/mol. The third kappa shape index (κ3) is 3.30. The molecule has 0 aromatic heterocycles. The maximum Gasteiger partial charge on any atom is 0.0163 e. The fourth-order valence-corrected chi connectivity index (χ4v) is 5.73. The van der Waals surface area contributed by atoms with Crippen LogP contribution in [0.4, 0.5) is 0 Å². The van der Waals surface area contributed by atoms with E-state index in [9.17, 15) is 0 Å². The fourth-order valence-electron chi connectivity index (χ4n) is 4.42. The Morgan fingerprint density at radius 3 is 2.53 bits per heavy atom. The molecule has 3 aliphatic heterocycles. The molecule has 3 saturated heterocycles. The van der Waals surface area contributed by atoms with Crippen LogP contribution in [0.2, 0.25) is 0 Å². The number of nitrogens with one attached hydrogen (secondary N) is 1. The molecule has 0 spiro atoms. The summed E-state index contributed by atoms with van der Waals surface area (Å²) in [6.45, 7) is 6.11. The van der Waals surface area contributed by atoms with E-state index >= 15 is 0 Å². The summed E-state index contributed by atoms with van der Waals surface area (Å²) < 4.78 is 0. The Morgan fingerprint density at radius 2 is 1.89 bits per heavy atom. The van der Waals surface area contributed by atoms with Crippen molar-refractivity contribution in [1.29, 1.82) is 0 Å². The number of piperidine rings is 1. The van der Waals surface area contributed by atoms with Crippen molar-refractivity contribution in [3.8, 4) is 0 Å². The normalized spacial score (nSPS) is 42.5. The lowest BCUT2D eigenvalue weighted by molar-refractivity contribution is 0.130. The third-order valence-corrected chi connectivity index (χ3v) is 7.13. The second-order valence-corrected chi connectivity index (χ2v) is 8.91. The van der Waals surface area contributed by atoms with Crippen LogP contribution in [0.3, 0.4) is 0 Å². The van der Waals surface area contributed by atoms with E-state index in [-0.39, 0.29) is 0 Å². The van der Waals surface area contributed by atoms with Crippen molar-refractivity contribution in [2.75, 3.05) is 25.1 Å². The Balaban J connectivity index is 1.45. The van der Waals surface area contributed by atoms with Gasteiger partial charge in [-0.2, -0.15) is 11.8 Å². The van der Waals surface area contributed by atoms with Gasteiger partial charge in [0, 0.05) is 23.9 Å². The Bertz CT molecular complexity index is 304. The molecule has 110 valence electrons. The molecule has 1 N–H and O–H groups in total. The molecule has 0 aromatic carbocycles. The topological polar surface area (TPSA) is 15.3 Å². The highest BCUT2D eigenvalue weighted by atomic mass is 32.2. The summed E-state index contributed by atoms with van der Waals surface area (Å²) in [6, 6.07) is 2.54. The molecule has 2 bridgehead atoms. The fraction of sp³-hybridized carbons (Fsp3) is 1.00. The van der Waals surface area contributed by atoms with Crippen molar-refractivity contribution in [3.63, 3.8) is 0 Å². The summed E-state index contributed by atoms with van der Waals surface area (Å²) >= 11 is 2.14. The van der Waals surface area contributed by atoms with Gasteiger partial charge in [0.25, 0.3) is 0 Å². The van der Waals surface area contributed by atoms with Crippen molar-refractivity contribution < 1.29 is 0 Å². The zero-order chi connectivity index (χ0) is 13.5. The van der Waals surface area contributed by atoms with Gasteiger partial charge in [0.2, 0.25) is 0 Å². The quantitative estimate of drug-likeness (QED) is 0.857. The van der Waals surface area contributed by atoms with Crippen molar-refractivity contribution in [1.82, 2.24) is 10.2 Å². The lowest BCUT2D eigenvalue weighted by Crippen LogP contribution is -2.46. The first-order valence-electron chi connectivity index (χ1n) is 8.06. The zero-order valence-corrected chi connectivity index (χ0v) is 13.6. The summed E-state index contributed by atoms with van der Waals surface area (Å²) in [5.74, 6) is 3.59. The Hall–Kier alpha value is 0.270. The minimum atomic E-state index is 0.534. The van der Waals surface area contributed by atoms with Crippen LogP contribution in [-0.2, 0) is 0 Å². The summed E-state index contributed by atoms with van der Waals surface area (Å²) in [5.41, 5.74) is 0.534. The largest absolute Gasteiger partial charge is 0.313 e. The molecule has 3 heterocycles. The molecule has 0 saturated carbocycles. The van der Waals surface area contributed by atoms with Gasteiger partial charge in [-0.1, -0.05) is 13.8 Å². The Kier molecular flexibility index (Phi) is 4.17. The van der Waals surface area contributed by atoms with Crippen LogP contribution in [0.15, 0.2) is 0 Å². The highest BCUT2D eigenvalue weighted by molar-refractivity contribution is 7.99. The molecule has 3 aliphatic rings. The van der Waals surface area contributed by atoms with E-state index in [1.54, 1.807) is 0 Å². The molecule has 0 amide bonds. The molecule has 0 aliphatic carbocycles. The van der Waals surface area contributed by atoms with Gasteiger partial charge in [0.15, 0.2) is 0 Å². The molecule has 3 atom stereocenters. The highest BCUT2D eigenvalue weighted by Crippen LogP contribution is 2.38. The molecule has 0 aromatic rings. The molecule has 3 fully saturated rings. The van der Waals surface area contributed by atoms with Crippen LogP contribution >= 0.6 is 11.8 Å². The van der Waals surface area contributed by atoms with Gasteiger partial charge >= 0.3 is 0 Å². The van der Waals surface area contributed by atoms with Crippen LogP contribution in [0.5, 0.6) is 0 Å². The SMILES string of the molecule is CN1C2CCC1CC(CNC1CSCC(C)(C)C1)C2. The van der Waals surface area contributed by atoms with Crippen LogP contribution in [0.25, 0.3) is 0 Å². The molecule has 0 radical (unpaired) electrons. The van der Waals surface area contributed by atoms with Crippen molar-refractivity contribution >= 4 is 11.8 Å². The maximum atomic E-state index is 3.89. The average molecular weight is 282 g/mol. The van der Waals surface area contributed by atoms with E-state index in [0.29, 0.717) is 5.41 Å². The van der Waals surface area contributed by atoms with Crippen molar-refractivity contribution in [2.45, 2.75) is 64.1 Å². The average Bonchev–Trinajstić information content (AvgIpc) is 2.59. The highest BCUT2D eigenvalue weighted by Gasteiger charge is 2.38. The molecular formula is C16H30N2S. The first-order chi connectivity index (χ1) is 9.03. The standard InChI is InChI=1S/C16H30N2S/c1-16(2)8-13(10-19-11-16)17-9-12-6-14-4-5-15(7-12)18(14)3/h12-15,17H,4-11H2,1-3H3. The number of rotatable bonds is 3. The summed E-state index contributed by atoms with van der Waals surface area (Å²) in [4.78, 5) is 2.65. The summed E-state index contributed by atoms with van der Waals surface area (Å²) in [5, 5.41) is 3.89. The predicted molar refractivity (Wildman–Crippen MR) is 84.8 cm³/mol. The number of fused-ring (bicyclic) bond motifs is 2. The predicted octanol–water partition coefficient (Wildman–Crippen LogP) is 2.98. The number of thioether (sulfide) groups is 1. The van der Waals surface area contributed by atoms with Gasteiger partial charge < -0.3 is 10.2 Å². The minimum Gasteiger partial charge on any atom is -0.313 e. The second-order valence-electron chi connectivity index (χ2n) is 7.88. The maximum absolute atomic E-state index is 3.89. The van der Waals surface area contributed by atoms with E-state index in [1.807, 2.05) is 0 Å². The van der Waals surface area contributed by atoms with Crippen molar-refractivity contribution in [3.05, 3.63) is 0 Å². The third-order valence-electron chi connectivity index (χ3n) is 5.50. The van der Waals surface area contributed by atoms with E-state index in [0.717, 1.165) is 24.0 Å². The summed E-state index contributed by atoms with van der Waals surface area (Å²) in [7, 11) is 2.34. The van der Waals surface area contributed by atoms with Gasteiger partial charge in [0.1, 0.15) is 0 Å². The van der Waals surface area contributed by atoms with E-state index in [2.05, 4.69) is 42.9 Å². The van der Waals surface area contributed by atoms with Gasteiger partial charge in [-0.15, -0.1) is 0 Å². The van der Waals surface area contributed by atoms with Gasteiger partial charge in [0.05, 0.1) is 0 Å². The molecule has 19 heavy (non-hydrogen) atoms. The van der Waals surface area contributed by atoms with Gasteiger partial charge in [-0.3, -0.25) is 0 Å². The first-order valence-corrected chi connectivity index (χ1v) is 9.22. The number of hydrogen-bond donors (Lipinski definition) is 1. The summed E-state index contributed by atoms with van der Waals surface area (Å²) in [6.07, 6.45) is 7.12. The van der Waals surface area contributed by atoms with E-state index in [4.69, 9.17) is 0 Å².